The summed E-state index contributed by atoms with van der Waals surface area (Å²) in [5, 5.41) is 39.0. The number of halogens is 2. The number of ether oxygens (including phenoxy) is 1. The van der Waals surface area contributed by atoms with Crippen LogP contribution in [0.3, 0.4) is 0 Å². The second-order valence-corrected chi connectivity index (χ2v) is 7.00. The van der Waals surface area contributed by atoms with Crippen LogP contribution >= 0.6 is 11.6 Å². The summed E-state index contributed by atoms with van der Waals surface area (Å²) < 4.78 is 19.2. The van der Waals surface area contributed by atoms with Crippen LogP contribution in [-0.4, -0.2) is 51.9 Å². The highest BCUT2D eigenvalue weighted by Crippen LogP contribution is 2.45. The number of fused-ring (bicyclic) bond motifs is 2. The molecule has 4 atom stereocenters. The molecule has 0 amide bonds. The molecule has 0 aromatic carbocycles. The van der Waals surface area contributed by atoms with Gasteiger partial charge in [-0.1, -0.05) is 11.6 Å². The summed E-state index contributed by atoms with van der Waals surface area (Å²) >= 11 is 5.88. The van der Waals surface area contributed by atoms with Crippen LogP contribution < -0.4 is 5.32 Å². The van der Waals surface area contributed by atoms with Crippen LogP contribution in [0.15, 0.2) is 11.3 Å². The number of hydrogen-bond donors (Lipinski definition) is 5. The van der Waals surface area contributed by atoms with E-state index in [-0.39, 0.29) is 30.0 Å². The Hall–Kier alpha value is -0.730. The van der Waals surface area contributed by atoms with Crippen LogP contribution in [0, 0.1) is 17.2 Å². The van der Waals surface area contributed by atoms with Crippen molar-refractivity contribution < 1.29 is 24.4 Å². The lowest BCUT2D eigenvalue weighted by molar-refractivity contribution is -0.116. The molecule has 3 aliphatic carbocycles. The van der Waals surface area contributed by atoms with Crippen LogP contribution in [0.1, 0.15) is 39.0 Å². The van der Waals surface area contributed by atoms with Crippen molar-refractivity contribution in [2.24, 2.45) is 11.8 Å². The minimum atomic E-state index is -1.77. The van der Waals surface area contributed by atoms with Crippen LogP contribution in [0.5, 0.6) is 0 Å². The quantitative estimate of drug-likeness (QED) is 0.243. The van der Waals surface area contributed by atoms with Gasteiger partial charge in [0.05, 0.1) is 12.7 Å². The summed E-state index contributed by atoms with van der Waals surface area (Å²) in [7, 11) is 0. The van der Waals surface area contributed by atoms with E-state index in [2.05, 4.69) is 5.32 Å². The van der Waals surface area contributed by atoms with Gasteiger partial charge in [0.1, 0.15) is 11.3 Å². The van der Waals surface area contributed by atoms with Gasteiger partial charge in [-0.3, -0.25) is 5.41 Å². The third kappa shape index (κ3) is 4.89. The van der Waals surface area contributed by atoms with Gasteiger partial charge in [-0.2, -0.15) is 0 Å². The number of rotatable bonds is 9. The molecule has 0 spiro atoms. The molecule has 24 heavy (non-hydrogen) atoms. The van der Waals surface area contributed by atoms with E-state index in [1.807, 2.05) is 0 Å². The molecule has 2 bridgehead atoms. The van der Waals surface area contributed by atoms with E-state index in [1.165, 1.54) is 6.92 Å². The van der Waals surface area contributed by atoms with E-state index in [4.69, 9.17) is 26.9 Å². The predicted molar refractivity (Wildman–Crippen MR) is 88.3 cm³/mol. The van der Waals surface area contributed by atoms with Crippen LogP contribution in [0.25, 0.3) is 0 Å². The van der Waals surface area contributed by atoms with Crippen molar-refractivity contribution in [3.8, 4) is 0 Å². The highest BCUT2D eigenvalue weighted by molar-refractivity contribution is 6.68. The maximum absolute atomic E-state index is 14.4. The van der Waals surface area contributed by atoms with E-state index in [0.29, 0.717) is 11.3 Å². The third-order valence-electron chi connectivity index (χ3n) is 4.74. The van der Waals surface area contributed by atoms with E-state index >= 15 is 0 Å². The summed E-state index contributed by atoms with van der Waals surface area (Å²) in [6.07, 6.45) is -1.79. The number of hydrogen-bond acceptors (Lipinski definition) is 6. The van der Waals surface area contributed by atoms with Gasteiger partial charge in [-0.25, -0.2) is 4.39 Å². The second-order valence-electron chi connectivity index (χ2n) is 6.63. The number of aliphatic hydroxyl groups excluding tert-OH is 3. The molecular formula is C16H26ClFN2O4. The average Bonchev–Trinajstić information content (AvgIpc) is 2.53. The topological polar surface area (TPSA) is 106 Å². The molecule has 0 saturated heterocycles. The van der Waals surface area contributed by atoms with Crippen molar-refractivity contribution in [2.45, 2.75) is 63.8 Å². The highest BCUT2D eigenvalue weighted by atomic mass is 35.5. The van der Waals surface area contributed by atoms with Gasteiger partial charge >= 0.3 is 0 Å². The summed E-state index contributed by atoms with van der Waals surface area (Å²) in [5.41, 5.74) is 1.28. The molecule has 3 rings (SSSR count). The van der Waals surface area contributed by atoms with Crippen molar-refractivity contribution >= 4 is 16.8 Å². The van der Waals surface area contributed by atoms with Crippen LogP contribution in [0.4, 0.5) is 4.39 Å². The number of nitrogens with one attached hydrogen (secondary N) is 2. The number of allylic oxidation sites excluding steroid dienone is 2. The van der Waals surface area contributed by atoms with Crippen molar-refractivity contribution in [3.05, 3.63) is 11.3 Å². The molecule has 0 aliphatic heterocycles. The number of alkyl halides is 1. The molecule has 0 aromatic rings. The average molecular weight is 365 g/mol. The standard InChI is InChI=1S/C16H26ClFN2O4/c1-8(21)24-7-11(22)6-12(23)16(18)20-14-10-4-2-9(3-5-10)13(14)15(17)19/h8-12,16,19-23H,2-7H2,1H3/t8-,9?,10?,11?,12-,16?/m1/s1. The highest BCUT2D eigenvalue weighted by Gasteiger charge is 2.38. The predicted octanol–water partition coefficient (Wildman–Crippen LogP) is 1.63. The smallest absolute Gasteiger partial charge is 0.196 e. The van der Waals surface area contributed by atoms with E-state index in [0.717, 1.165) is 25.7 Å². The van der Waals surface area contributed by atoms with Gasteiger partial charge in [-0.15, -0.1) is 0 Å². The Kier molecular flexibility index (Phi) is 7.00. The molecule has 1 fully saturated rings. The van der Waals surface area contributed by atoms with Crippen LogP contribution in [-0.2, 0) is 4.74 Å². The largest absolute Gasteiger partial charge is 0.391 e. The normalized spacial score (nSPS) is 28.4. The van der Waals surface area contributed by atoms with Gasteiger partial charge in [0.25, 0.3) is 0 Å². The molecule has 6 nitrogen and oxygen atoms in total. The van der Waals surface area contributed by atoms with E-state index in [1.54, 1.807) is 0 Å². The Morgan fingerprint density at radius 3 is 2.42 bits per heavy atom. The Bertz CT molecular complexity index is 481. The maximum Gasteiger partial charge on any atom is 0.196 e. The third-order valence-corrected chi connectivity index (χ3v) is 4.95. The molecular weight excluding hydrogens is 339 g/mol. The molecule has 0 aromatic heterocycles. The zero-order chi connectivity index (χ0) is 17.9. The molecule has 138 valence electrons. The van der Waals surface area contributed by atoms with Crippen molar-refractivity contribution in [2.75, 3.05) is 6.61 Å². The molecule has 2 unspecified atom stereocenters. The lowest BCUT2D eigenvalue weighted by atomic mass is 9.69. The SMILES string of the molecule is C[C@H](O)OCC(O)C[C@@H](O)C(F)NC1=C(C(=N)Cl)C2CCC1CC2. The molecule has 5 N–H and O–H groups in total. The molecule has 1 saturated carbocycles. The summed E-state index contributed by atoms with van der Waals surface area (Å²) in [6, 6.07) is 0. The summed E-state index contributed by atoms with van der Waals surface area (Å²) in [4.78, 5) is 0. The Balaban J connectivity index is 1.96. The van der Waals surface area contributed by atoms with Gasteiger partial charge in [-0.05, 0) is 44.4 Å². The van der Waals surface area contributed by atoms with E-state index < -0.39 is 24.8 Å². The van der Waals surface area contributed by atoms with Crippen LogP contribution in [0.2, 0.25) is 0 Å². The molecule has 3 aliphatic rings. The Morgan fingerprint density at radius 2 is 1.88 bits per heavy atom. The first-order valence-corrected chi connectivity index (χ1v) is 8.72. The first-order chi connectivity index (χ1) is 11.3. The Morgan fingerprint density at radius 1 is 1.29 bits per heavy atom. The van der Waals surface area contributed by atoms with Crippen molar-refractivity contribution in [1.82, 2.24) is 5.32 Å². The monoisotopic (exact) mass is 364 g/mol. The zero-order valence-corrected chi connectivity index (χ0v) is 14.5. The van der Waals surface area contributed by atoms with E-state index in [9.17, 15) is 14.6 Å². The lowest BCUT2D eigenvalue weighted by Crippen LogP contribution is -2.44. The minimum Gasteiger partial charge on any atom is -0.391 e. The Labute approximate surface area is 146 Å². The molecule has 8 heteroatoms. The second kappa shape index (κ2) is 8.58. The summed E-state index contributed by atoms with van der Waals surface area (Å²) in [5.74, 6) is 0.315. The molecule has 0 radical (unpaired) electrons. The first-order valence-electron chi connectivity index (χ1n) is 8.34. The van der Waals surface area contributed by atoms with Gasteiger partial charge in [0.15, 0.2) is 12.6 Å². The summed E-state index contributed by atoms with van der Waals surface area (Å²) in [6.45, 7) is 1.21. The fourth-order valence-electron chi connectivity index (χ4n) is 3.56. The van der Waals surface area contributed by atoms with Gasteiger partial charge < -0.3 is 25.4 Å². The number of aliphatic hydroxyl groups is 3. The van der Waals surface area contributed by atoms with Crippen molar-refractivity contribution in [3.63, 3.8) is 0 Å². The molecule has 0 heterocycles. The minimum absolute atomic E-state index is 0.0704. The first kappa shape index (κ1) is 19.6. The van der Waals surface area contributed by atoms with Gasteiger partial charge in [0, 0.05) is 17.7 Å². The van der Waals surface area contributed by atoms with Crippen molar-refractivity contribution in [1.29, 1.82) is 5.41 Å². The fraction of sp³-hybridized carbons (Fsp3) is 0.812. The zero-order valence-electron chi connectivity index (χ0n) is 13.7. The van der Waals surface area contributed by atoms with Gasteiger partial charge in [0.2, 0.25) is 0 Å². The fourth-order valence-corrected chi connectivity index (χ4v) is 3.82. The maximum atomic E-state index is 14.4. The lowest BCUT2D eigenvalue weighted by Gasteiger charge is -2.40.